The molecule has 0 unspecified atom stereocenters. The highest BCUT2D eigenvalue weighted by Gasteiger charge is 2.37. The Morgan fingerprint density at radius 3 is 2.60 bits per heavy atom. The van der Waals surface area contributed by atoms with Crippen LogP contribution in [-0.2, 0) is 0 Å². The first-order valence-corrected chi connectivity index (χ1v) is 9.36. The van der Waals surface area contributed by atoms with Crippen molar-refractivity contribution in [2.75, 3.05) is 32.7 Å². The molecule has 4 nitrogen and oxygen atoms in total. The number of β-amino-alcohol motifs (C(OH)–C–C–N with tert-alkyl or cyclic N) is 1. The molecule has 0 radical (unpaired) electrons. The molecule has 0 spiro atoms. The molecule has 2 heterocycles. The molecule has 0 aromatic heterocycles. The van der Waals surface area contributed by atoms with Crippen molar-refractivity contribution in [3.05, 3.63) is 48.0 Å². The lowest BCUT2D eigenvalue weighted by Crippen LogP contribution is -2.55. The first-order valence-electron chi connectivity index (χ1n) is 9.36. The van der Waals surface area contributed by atoms with E-state index in [0.717, 1.165) is 48.8 Å². The van der Waals surface area contributed by atoms with E-state index in [1.807, 2.05) is 47.4 Å². The van der Waals surface area contributed by atoms with Crippen LogP contribution in [0, 0.1) is 0 Å². The summed E-state index contributed by atoms with van der Waals surface area (Å²) in [6.07, 6.45) is 4.08. The number of piperidine rings is 1. The Bertz CT molecular complexity index is 764. The van der Waals surface area contributed by atoms with E-state index in [1.54, 1.807) is 0 Å². The van der Waals surface area contributed by atoms with Gasteiger partial charge >= 0.3 is 0 Å². The molecule has 1 amide bonds. The van der Waals surface area contributed by atoms with Gasteiger partial charge in [0, 0.05) is 18.7 Å². The summed E-state index contributed by atoms with van der Waals surface area (Å²) in [6.45, 7) is 3.99. The van der Waals surface area contributed by atoms with Crippen LogP contribution in [-0.4, -0.2) is 59.1 Å². The van der Waals surface area contributed by atoms with Crippen molar-refractivity contribution in [2.24, 2.45) is 0 Å². The van der Waals surface area contributed by atoms with Crippen LogP contribution in [0.25, 0.3) is 10.8 Å². The molecule has 2 aliphatic rings. The minimum Gasteiger partial charge on any atom is -0.387 e. The van der Waals surface area contributed by atoms with Gasteiger partial charge in [0.05, 0.1) is 12.1 Å². The molecule has 1 N–H and O–H groups in total. The fourth-order valence-electron chi connectivity index (χ4n) is 4.35. The molecule has 2 aromatic rings. The quantitative estimate of drug-likeness (QED) is 0.936. The number of nitrogens with zero attached hydrogens (tertiary/aromatic N) is 2. The summed E-state index contributed by atoms with van der Waals surface area (Å²) < 4.78 is 0. The van der Waals surface area contributed by atoms with Gasteiger partial charge in [-0.05, 0) is 55.6 Å². The van der Waals surface area contributed by atoms with Crippen molar-refractivity contribution in [1.29, 1.82) is 0 Å². The van der Waals surface area contributed by atoms with Gasteiger partial charge in [-0.1, -0.05) is 36.4 Å². The average Bonchev–Trinajstić information content (AvgIpc) is 3.13. The topological polar surface area (TPSA) is 43.8 Å². The van der Waals surface area contributed by atoms with E-state index in [2.05, 4.69) is 4.90 Å². The van der Waals surface area contributed by atoms with Crippen LogP contribution in [0.2, 0.25) is 0 Å². The Balaban J connectivity index is 1.55. The molecule has 2 saturated heterocycles. The maximum absolute atomic E-state index is 13.1. The smallest absolute Gasteiger partial charge is 0.254 e. The minimum atomic E-state index is -0.775. The highest BCUT2D eigenvalue weighted by Crippen LogP contribution is 2.27. The number of aliphatic hydroxyl groups is 1. The van der Waals surface area contributed by atoms with Gasteiger partial charge in [0.2, 0.25) is 0 Å². The van der Waals surface area contributed by atoms with E-state index in [-0.39, 0.29) is 5.91 Å². The first kappa shape index (κ1) is 16.6. The Kier molecular flexibility index (Phi) is 4.48. The van der Waals surface area contributed by atoms with Crippen LogP contribution in [0.3, 0.4) is 0 Å². The molecular weight excluding hydrogens is 312 g/mol. The van der Waals surface area contributed by atoms with Crippen molar-refractivity contribution >= 4 is 16.7 Å². The summed E-state index contributed by atoms with van der Waals surface area (Å²) in [5.74, 6) is 0.0383. The van der Waals surface area contributed by atoms with Crippen LogP contribution >= 0.6 is 0 Å². The van der Waals surface area contributed by atoms with E-state index in [1.165, 1.54) is 12.8 Å². The van der Waals surface area contributed by atoms with E-state index < -0.39 is 5.60 Å². The summed E-state index contributed by atoms with van der Waals surface area (Å²) in [5.41, 5.74) is -0.0356. The van der Waals surface area contributed by atoms with E-state index in [9.17, 15) is 9.90 Å². The second-order valence-corrected chi connectivity index (χ2v) is 7.56. The molecule has 25 heavy (non-hydrogen) atoms. The molecule has 2 aromatic carbocycles. The standard InChI is InChI=1S/C21H26N2O2/c24-20(19-10-5-8-17-7-1-2-9-18(17)19)23-14-6-11-21(25,16-23)15-22-12-3-4-13-22/h1-2,5,7-10,25H,3-4,6,11-16H2/t21-/m0/s1. The minimum absolute atomic E-state index is 0.0383. The van der Waals surface area contributed by atoms with Crippen LogP contribution in [0.4, 0.5) is 0 Å². The summed E-state index contributed by atoms with van der Waals surface area (Å²) in [4.78, 5) is 17.3. The first-order chi connectivity index (χ1) is 12.1. The molecule has 2 fully saturated rings. The second kappa shape index (κ2) is 6.77. The number of amides is 1. The van der Waals surface area contributed by atoms with Gasteiger partial charge in [-0.2, -0.15) is 0 Å². The Morgan fingerprint density at radius 1 is 1.00 bits per heavy atom. The van der Waals surface area contributed by atoms with Crippen LogP contribution in [0.5, 0.6) is 0 Å². The Hall–Kier alpha value is -1.91. The number of benzene rings is 2. The zero-order valence-electron chi connectivity index (χ0n) is 14.7. The van der Waals surface area contributed by atoms with Crippen molar-refractivity contribution < 1.29 is 9.90 Å². The van der Waals surface area contributed by atoms with Crippen LogP contribution in [0.1, 0.15) is 36.0 Å². The fraction of sp³-hybridized carbons (Fsp3) is 0.476. The summed E-state index contributed by atoms with van der Waals surface area (Å²) >= 11 is 0. The Morgan fingerprint density at radius 2 is 1.76 bits per heavy atom. The van der Waals surface area contributed by atoms with Crippen molar-refractivity contribution in [3.63, 3.8) is 0 Å². The third kappa shape index (κ3) is 3.42. The molecule has 0 aliphatic carbocycles. The third-order valence-corrected chi connectivity index (χ3v) is 5.58. The Labute approximate surface area is 149 Å². The zero-order chi connectivity index (χ0) is 17.3. The largest absolute Gasteiger partial charge is 0.387 e. The van der Waals surface area contributed by atoms with Gasteiger partial charge in [0.25, 0.3) is 5.91 Å². The number of hydrogen-bond donors (Lipinski definition) is 1. The summed E-state index contributed by atoms with van der Waals surface area (Å²) in [6, 6.07) is 13.9. The molecule has 0 saturated carbocycles. The molecular formula is C21H26N2O2. The van der Waals surface area contributed by atoms with Crippen molar-refractivity contribution in [2.45, 2.75) is 31.3 Å². The van der Waals surface area contributed by atoms with Gasteiger partial charge in [-0.25, -0.2) is 0 Å². The van der Waals surface area contributed by atoms with Gasteiger partial charge < -0.3 is 14.9 Å². The summed E-state index contributed by atoms with van der Waals surface area (Å²) in [5, 5.41) is 13.1. The number of rotatable bonds is 3. The zero-order valence-corrected chi connectivity index (χ0v) is 14.7. The lowest BCUT2D eigenvalue weighted by Gasteiger charge is -2.41. The van der Waals surface area contributed by atoms with Gasteiger partial charge in [0.15, 0.2) is 0 Å². The van der Waals surface area contributed by atoms with Crippen LogP contribution in [0.15, 0.2) is 42.5 Å². The highest BCUT2D eigenvalue weighted by molar-refractivity contribution is 6.07. The number of hydrogen-bond acceptors (Lipinski definition) is 3. The predicted octanol–water partition coefficient (Wildman–Crippen LogP) is 2.90. The average molecular weight is 338 g/mol. The number of fused-ring (bicyclic) bond motifs is 1. The monoisotopic (exact) mass is 338 g/mol. The lowest BCUT2D eigenvalue weighted by atomic mass is 9.91. The third-order valence-electron chi connectivity index (χ3n) is 5.58. The lowest BCUT2D eigenvalue weighted by molar-refractivity contribution is -0.0430. The normalized spacial score (nSPS) is 24.8. The highest BCUT2D eigenvalue weighted by atomic mass is 16.3. The molecule has 2 aliphatic heterocycles. The molecule has 1 atom stereocenters. The molecule has 4 rings (SSSR count). The molecule has 132 valence electrons. The van der Waals surface area contributed by atoms with Gasteiger partial charge in [0.1, 0.15) is 0 Å². The van der Waals surface area contributed by atoms with Crippen LogP contribution < -0.4 is 0 Å². The SMILES string of the molecule is O=C(c1cccc2ccccc12)N1CCC[C@](O)(CN2CCCC2)C1. The maximum atomic E-state index is 13.1. The van der Waals surface area contributed by atoms with E-state index in [0.29, 0.717) is 13.1 Å². The number of likely N-dealkylation sites (tertiary alicyclic amines) is 2. The van der Waals surface area contributed by atoms with Gasteiger partial charge in [-0.3, -0.25) is 4.79 Å². The fourth-order valence-corrected chi connectivity index (χ4v) is 4.35. The summed E-state index contributed by atoms with van der Waals surface area (Å²) in [7, 11) is 0. The predicted molar refractivity (Wildman–Crippen MR) is 99.7 cm³/mol. The maximum Gasteiger partial charge on any atom is 0.254 e. The van der Waals surface area contributed by atoms with Crippen molar-refractivity contribution in [3.8, 4) is 0 Å². The van der Waals surface area contributed by atoms with E-state index >= 15 is 0 Å². The van der Waals surface area contributed by atoms with E-state index in [4.69, 9.17) is 0 Å². The van der Waals surface area contributed by atoms with Crippen molar-refractivity contribution in [1.82, 2.24) is 9.80 Å². The molecule has 4 heteroatoms. The number of carbonyl (C=O) groups excluding carboxylic acids is 1. The van der Waals surface area contributed by atoms with Gasteiger partial charge in [-0.15, -0.1) is 0 Å². The molecule has 0 bridgehead atoms. The second-order valence-electron chi connectivity index (χ2n) is 7.56. The number of carbonyl (C=O) groups is 1.